The van der Waals surface area contributed by atoms with Crippen molar-refractivity contribution in [2.45, 2.75) is 94.8 Å². The summed E-state index contributed by atoms with van der Waals surface area (Å²) in [6.45, 7) is 16.2. The number of halogens is 2. The molecule has 8 aromatic rings. The molecule has 0 spiro atoms. The van der Waals surface area contributed by atoms with Crippen molar-refractivity contribution in [1.29, 1.82) is 0 Å². The number of amides is 2. The monoisotopic (exact) mass is 1260 g/mol. The number of piperazine rings is 1. The zero-order valence-electron chi connectivity index (χ0n) is 50.8. The Balaban J connectivity index is 0.746. The van der Waals surface area contributed by atoms with Crippen LogP contribution in [0.15, 0.2) is 144 Å². The lowest BCUT2D eigenvalue weighted by Gasteiger charge is -2.39. The van der Waals surface area contributed by atoms with Gasteiger partial charge < -0.3 is 29.2 Å². The van der Waals surface area contributed by atoms with Crippen LogP contribution in [0.2, 0.25) is 30.7 Å². The number of ether oxygens (including phenoxy) is 2. The number of nitrogens with one attached hydrogen (secondary N) is 2. The van der Waals surface area contributed by atoms with Gasteiger partial charge in [0.05, 0.1) is 32.8 Å². The van der Waals surface area contributed by atoms with Crippen LogP contribution in [-0.2, 0) is 26.2 Å². The fourth-order valence-corrected chi connectivity index (χ4v) is 14.7. The number of likely N-dealkylation sites (tertiary alicyclic amines) is 1. The maximum atomic E-state index is 16.5. The molecule has 0 bridgehead atoms. The van der Waals surface area contributed by atoms with E-state index in [0.29, 0.717) is 53.8 Å². The number of carbonyl (C=O) groups excluding carboxylic acids is 2. The van der Waals surface area contributed by atoms with Gasteiger partial charge in [-0.05, 0) is 119 Å². The van der Waals surface area contributed by atoms with Gasteiger partial charge in [-0.15, -0.1) is 0 Å². The second-order valence-electron chi connectivity index (χ2n) is 26.1. The molecule has 2 fully saturated rings. The Kier molecular flexibility index (Phi) is 17.1. The number of pyridine rings is 1. The van der Waals surface area contributed by atoms with E-state index < -0.39 is 51.3 Å². The molecule has 5 heterocycles. The smallest absolute Gasteiger partial charge is 0.409 e. The number of fused-ring (bicyclic) bond motifs is 5. The maximum Gasteiger partial charge on any atom is 0.409 e. The first-order valence-electron chi connectivity index (χ1n) is 30.5. The third-order valence-electron chi connectivity index (χ3n) is 18.0. The summed E-state index contributed by atoms with van der Waals surface area (Å²) in [6.07, 6.45) is 5.94. The van der Waals surface area contributed by atoms with E-state index in [2.05, 4.69) is 77.6 Å². The number of hydrogen-bond donors (Lipinski definition) is 2. The Labute approximate surface area is 523 Å². The van der Waals surface area contributed by atoms with Gasteiger partial charge in [0.2, 0.25) is 0 Å². The van der Waals surface area contributed by atoms with Gasteiger partial charge in [-0.3, -0.25) is 19.8 Å². The van der Waals surface area contributed by atoms with Crippen molar-refractivity contribution < 1.29 is 36.8 Å². The molecule has 2 saturated heterocycles. The second-order valence-corrected chi connectivity index (χ2v) is 33.8. The van der Waals surface area contributed by atoms with Crippen molar-refractivity contribution in [3.05, 3.63) is 177 Å². The summed E-state index contributed by atoms with van der Waals surface area (Å²) in [5.41, 5.74) is 8.84. The van der Waals surface area contributed by atoms with E-state index in [-0.39, 0.29) is 61.7 Å². The zero-order chi connectivity index (χ0) is 62.4. The van der Waals surface area contributed by atoms with E-state index in [4.69, 9.17) is 31.2 Å². The van der Waals surface area contributed by atoms with Crippen molar-refractivity contribution in [3.8, 4) is 16.8 Å². The maximum absolute atomic E-state index is 16.5. The first-order chi connectivity index (χ1) is 42.6. The number of rotatable bonds is 19. The molecule has 2 N–H and O–H groups in total. The second kappa shape index (κ2) is 24.8. The summed E-state index contributed by atoms with van der Waals surface area (Å²) in [7, 11) is -6.07. The van der Waals surface area contributed by atoms with Crippen LogP contribution in [0.5, 0.6) is 0 Å². The number of nitrogens with zero attached hydrogens (tertiary/aromatic N) is 8. The van der Waals surface area contributed by atoms with E-state index in [0.717, 1.165) is 90.4 Å². The van der Waals surface area contributed by atoms with Crippen LogP contribution >= 0.6 is 11.6 Å². The van der Waals surface area contributed by atoms with Crippen LogP contribution in [0.1, 0.15) is 78.9 Å². The lowest BCUT2D eigenvalue weighted by atomic mass is 9.72. The minimum Gasteiger partial charge on any atom is -0.448 e. The van der Waals surface area contributed by atoms with Crippen LogP contribution in [0.25, 0.3) is 44.5 Å². The number of piperidine rings is 1. The molecule has 0 saturated carbocycles. The number of benzene rings is 5. The summed E-state index contributed by atoms with van der Waals surface area (Å²) < 4.78 is 62.6. The summed E-state index contributed by atoms with van der Waals surface area (Å²) in [4.78, 5) is 50.5. The van der Waals surface area contributed by atoms with Crippen LogP contribution < -0.4 is 14.9 Å². The van der Waals surface area contributed by atoms with E-state index in [1.165, 1.54) is 27.7 Å². The van der Waals surface area contributed by atoms with Gasteiger partial charge >= 0.3 is 6.09 Å². The Hall–Kier alpha value is -7.95. The molecule has 2 aliphatic carbocycles. The number of allylic oxidation sites excluding steroid dienone is 1. The Morgan fingerprint density at radius 1 is 0.865 bits per heavy atom. The molecule has 89 heavy (non-hydrogen) atoms. The SMILES string of the molecule is CC1(C)CCC(CN2CCN(c3ccc(C(=O)NS(=O)(=O)c4ccc(NCC5(F)CCN(C(=O)OCC6c7ccccc7-c7ccccc76)CC5)c([N+](=O)[O-])c4)c(-n4ncc5nc6c(ccn6COCC[Si](C)(C)C)cc54)c3)CC2)=C(c2ccc(Cl)cc2)C1. The van der Waals surface area contributed by atoms with Crippen molar-refractivity contribution in [3.63, 3.8) is 0 Å². The Morgan fingerprint density at radius 2 is 1.57 bits per heavy atom. The Morgan fingerprint density at radius 3 is 2.27 bits per heavy atom. The number of anilines is 2. The first kappa shape index (κ1) is 61.3. The number of aromatic nitrogens is 4. The number of nitro groups is 1. The van der Waals surface area contributed by atoms with Gasteiger partial charge in [0.15, 0.2) is 0 Å². The zero-order valence-corrected chi connectivity index (χ0v) is 53.4. The van der Waals surface area contributed by atoms with Crippen LogP contribution in [0.4, 0.5) is 26.2 Å². The fraction of sp³-hybridized carbons (Fsp3) is 0.373. The topological polar surface area (TPSA) is 199 Å². The molecule has 18 nitrogen and oxygen atoms in total. The van der Waals surface area contributed by atoms with Crippen LogP contribution in [-0.4, -0.2) is 134 Å². The highest BCUT2D eigenvalue weighted by molar-refractivity contribution is 7.90. The molecule has 5 aromatic carbocycles. The summed E-state index contributed by atoms with van der Waals surface area (Å²) in [5, 5.41) is 21.7. The minimum absolute atomic E-state index is 0.0259. The number of nitro benzene ring substituents is 1. The van der Waals surface area contributed by atoms with Gasteiger partial charge in [0.1, 0.15) is 35.9 Å². The average Bonchev–Trinajstić information content (AvgIpc) is 1.69. The molecule has 22 heteroatoms. The third-order valence-corrected chi connectivity index (χ3v) is 21.3. The van der Waals surface area contributed by atoms with Gasteiger partial charge in [-0.2, -0.15) is 5.10 Å². The van der Waals surface area contributed by atoms with Gasteiger partial charge in [0, 0.05) is 114 Å². The standard InChI is InChI=1S/C67H74ClFN10O8SSi/c1-66(2)24-22-47(56(39-66)45-14-16-48(68)17-15-45)41-74-30-32-75(33-31-74)49-18-20-55(60(37-49)78-61-36-46-23-27-77(44-86-34-35-89(3,4)5)63(46)72-59(61)40-71-78)64(80)73-88(84,85)50-19-21-58(62(38-50)79(82)83)70-43-67(69)25-28-76(29-26-67)65(81)87-42-57-53-12-8-6-10-51(53)52-11-7-9-13-54(52)57/h6-21,23,27,36-38,40,57,70H,22,24-26,28-35,39,41-44H2,1-5H3,(H,73,80). The van der Waals surface area contributed by atoms with Crippen molar-refractivity contribution >= 4 is 86.4 Å². The average molecular weight is 1260 g/mol. The highest BCUT2D eigenvalue weighted by Gasteiger charge is 2.39. The van der Waals surface area contributed by atoms with E-state index in [1.54, 1.807) is 23.0 Å². The van der Waals surface area contributed by atoms with Crippen molar-refractivity contribution in [2.75, 3.05) is 75.8 Å². The lowest BCUT2D eigenvalue weighted by molar-refractivity contribution is -0.384. The molecule has 3 aromatic heterocycles. The van der Waals surface area contributed by atoms with E-state index in [1.807, 2.05) is 77.5 Å². The van der Waals surface area contributed by atoms with Gasteiger partial charge in [0.25, 0.3) is 21.6 Å². The van der Waals surface area contributed by atoms with E-state index in [9.17, 15) is 28.1 Å². The molecule has 464 valence electrons. The quantitative estimate of drug-likeness (QED) is 0.0336. The molecule has 0 atom stereocenters. The minimum atomic E-state index is -4.77. The number of alkyl halides is 1. The normalized spacial score (nSPS) is 17.0. The molecule has 0 radical (unpaired) electrons. The van der Waals surface area contributed by atoms with E-state index >= 15 is 4.39 Å². The number of hydrogen-bond acceptors (Lipinski definition) is 13. The highest BCUT2D eigenvalue weighted by Crippen LogP contribution is 2.46. The molecule has 4 aliphatic rings. The number of sulfonamides is 1. The molecular formula is C67H74ClFN10O8SSi. The van der Waals surface area contributed by atoms with Gasteiger partial charge in [-0.25, -0.2) is 32.0 Å². The number of carbonyl (C=O) groups is 2. The molecule has 0 unspecified atom stereocenters. The highest BCUT2D eigenvalue weighted by atomic mass is 35.5. The Bertz CT molecular complexity index is 4130. The van der Waals surface area contributed by atoms with Crippen LogP contribution in [0.3, 0.4) is 0 Å². The largest absolute Gasteiger partial charge is 0.448 e. The first-order valence-corrected chi connectivity index (χ1v) is 36.0. The summed E-state index contributed by atoms with van der Waals surface area (Å²) in [5.74, 6) is -1.13. The summed E-state index contributed by atoms with van der Waals surface area (Å²) in [6, 6.07) is 37.5. The van der Waals surface area contributed by atoms with Crippen molar-refractivity contribution in [2.24, 2.45) is 5.41 Å². The molecular weight excluding hydrogens is 1190 g/mol. The third kappa shape index (κ3) is 13.4. The lowest BCUT2D eigenvalue weighted by Crippen LogP contribution is -2.47. The predicted molar refractivity (Wildman–Crippen MR) is 349 cm³/mol. The van der Waals surface area contributed by atoms with Crippen LogP contribution in [0, 0.1) is 15.5 Å². The predicted octanol–water partition coefficient (Wildman–Crippen LogP) is 13.3. The fourth-order valence-electron chi connectivity index (χ4n) is 12.8. The molecule has 12 rings (SSSR count). The molecule has 2 aliphatic heterocycles. The summed E-state index contributed by atoms with van der Waals surface area (Å²) >= 11 is 6.31. The molecule has 2 amide bonds. The van der Waals surface area contributed by atoms with Crippen molar-refractivity contribution in [1.82, 2.24) is 33.9 Å². The van der Waals surface area contributed by atoms with Gasteiger partial charge in [-0.1, -0.05) is 111 Å².